The van der Waals surface area contributed by atoms with Crippen LogP contribution < -0.4 is 5.32 Å². The topological polar surface area (TPSA) is 57.8 Å². The van der Waals surface area contributed by atoms with E-state index in [4.69, 9.17) is 0 Å². The first-order valence-corrected chi connectivity index (χ1v) is 4.22. The zero-order valence-corrected chi connectivity index (χ0v) is 8.43. The number of hydrogen-bond acceptors (Lipinski definition) is 2. The van der Waals surface area contributed by atoms with Gasteiger partial charge in [-0.15, -0.1) is 0 Å². The highest BCUT2D eigenvalue weighted by molar-refractivity contribution is 5.93. The van der Waals surface area contributed by atoms with Gasteiger partial charge >= 0.3 is 0 Å². The van der Waals surface area contributed by atoms with Gasteiger partial charge in [-0.1, -0.05) is 0 Å². The molecule has 0 aliphatic rings. The Bertz CT molecular complexity index is 309. The van der Waals surface area contributed by atoms with Crippen molar-refractivity contribution in [1.29, 1.82) is 0 Å². The summed E-state index contributed by atoms with van der Waals surface area (Å²) < 4.78 is 0. The van der Waals surface area contributed by atoms with E-state index in [0.717, 1.165) is 5.56 Å². The van der Waals surface area contributed by atoms with Crippen molar-refractivity contribution in [1.82, 2.24) is 15.5 Å². The molecule has 0 aromatic carbocycles. The van der Waals surface area contributed by atoms with E-state index in [0.29, 0.717) is 5.69 Å². The van der Waals surface area contributed by atoms with Crippen LogP contribution in [0.1, 0.15) is 36.8 Å². The molecule has 0 bridgehead atoms. The maximum Gasteiger partial charge on any atom is 0.269 e. The van der Waals surface area contributed by atoms with Crippen molar-refractivity contribution < 1.29 is 4.79 Å². The van der Waals surface area contributed by atoms with Gasteiger partial charge in [-0.05, 0) is 33.3 Å². The van der Waals surface area contributed by atoms with E-state index >= 15 is 0 Å². The van der Waals surface area contributed by atoms with E-state index in [9.17, 15) is 4.79 Å². The minimum atomic E-state index is -0.214. The predicted octanol–water partition coefficient (Wildman–Crippen LogP) is 1.25. The van der Waals surface area contributed by atoms with Crippen LogP contribution in [0, 0.1) is 6.92 Å². The summed E-state index contributed by atoms with van der Waals surface area (Å²) >= 11 is 0. The predicted molar refractivity (Wildman–Crippen MR) is 50.5 cm³/mol. The number of nitrogens with zero attached hydrogens (tertiary/aromatic N) is 1. The summed E-state index contributed by atoms with van der Waals surface area (Å²) in [7, 11) is 0. The molecule has 1 aromatic heterocycles. The Labute approximate surface area is 77.7 Å². The van der Waals surface area contributed by atoms with E-state index in [1.807, 2.05) is 27.7 Å². The van der Waals surface area contributed by atoms with Crippen LogP contribution in [-0.4, -0.2) is 21.6 Å². The molecule has 0 radical (unpaired) electrons. The smallest absolute Gasteiger partial charge is 0.269 e. The van der Waals surface area contributed by atoms with Crippen LogP contribution in [0.2, 0.25) is 0 Å². The minimum Gasteiger partial charge on any atom is -0.346 e. The van der Waals surface area contributed by atoms with E-state index in [1.165, 1.54) is 0 Å². The largest absolute Gasteiger partial charge is 0.346 e. The molecule has 0 unspecified atom stereocenters. The summed E-state index contributed by atoms with van der Waals surface area (Å²) in [5, 5.41) is 9.30. The fraction of sp³-hybridized carbons (Fsp3) is 0.556. The van der Waals surface area contributed by atoms with Crippen molar-refractivity contribution >= 4 is 5.91 Å². The molecular weight excluding hydrogens is 166 g/mol. The summed E-state index contributed by atoms with van der Waals surface area (Å²) in [6.07, 6.45) is 1.64. The Balaban J connectivity index is 2.76. The van der Waals surface area contributed by atoms with Crippen molar-refractivity contribution in [2.45, 2.75) is 33.2 Å². The molecule has 1 heterocycles. The summed E-state index contributed by atoms with van der Waals surface area (Å²) in [6, 6.07) is 0. The molecule has 0 fully saturated rings. The highest BCUT2D eigenvalue weighted by Crippen LogP contribution is 2.05. The number of H-pyrrole nitrogens is 1. The first-order valence-electron chi connectivity index (χ1n) is 4.22. The Morgan fingerprint density at radius 1 is 1.54 bits per heavy atom. The Morgan fingerprint density at radius 3 is 2.54 bits per heavy atom. The van der Waals surface area contributed by atoms with Gasteiger partial charge in [0.2, 0.25) is 0 Å². The van der Waals surface area contributed by atoms with Crippen LogP contribution in [0.15, 0.2) is 6.20 Å². The third-order valence-corrected chi connectivity index (χ3v) is 1.54. The zero-order chi connectivity index (χ0) is 10.1. The minimum absolute atomic E-state index is 0.109. The summed E-state index contributed by atoms with van der Waals surface area (Å²) in [6.45, 7) is 7.67. The van der Waals surface area contributed by atoms with Crippen molar-refractivity contribution in [2.75, 3.05) is 0 Å². The van der Waals surface area contributed by atoms with Gasteiger partial charge in [-0.3, -0.25) is 9.89 Å². The molecule has 13 heavy (non-hydrogen) atoms. The normalized spacial score (nSPS) is 11.4. The molecular formula is C9H15N3O. The number of aromatic amines is 1. The van der Waals surface area contributed by atoms with Crippen molar-refractivity contribution in [3.05, 3.63) is 17.5 Å². The number of aryl methyl sites for hydroxylation is 1. The highest BCUT2D eigenvalue weighted by atomic mass is 16.2. The molecule has 4 nitrogen and oxygen atoms in total. The third kappa shape index (κ3) is 2.57. The fourth-order valence-corrected chi connectivity index (χ4v) is 0.979. The lowest BCUT2D eigenvalue weighted by molar-refractivity contribution is 0.0914. The average molecular weight is 181 g/mol. The second-order valence-corrected chi connectivity index (χ2v) is 4.13. The quantitative estimate of drug-likeness (QED) is 0.685. The Hall–Kier alpha value is -1.32. The number of rotatable bonds is 1. The maximum absolute atomic E-state index is 11.6. The lowest BCUT2D eigenvalue weighted by atomic mass is 10.1. The third-order valence-electron chi connectivity index (χ3n) is 1.54. The van der Waals surface area contributed by atoms with Gasteiger partial charge in [0.05, 0.1) is 6.20 Å². The molecule has 4 heteroatoms. The average Bonchev–Trinajstić information content (AvgIpc) is 2.30. The Kier molecular flexibility index (Phi) is 2.40. The molecule has 2 N–H and O–H groups in total. The van der Waals surface area contributed by atoms with Gasteiger partial charge in [0.1, 0.15) is 5.69 Å². The van der Waals surface area contributed by atoms with Gasteiger partial charge in [-0.25, -0.2) is 0 Å². The van der Waals surface area contributed by atoms with Crippen LogP contribution >= 0.6 is 0 Å². The maximum atomic E-state index is 11.6. The van der Waals surface area contributed by atoms with Gasteiger partial charge in [0.15, 0.2) is 0 Å². The molecule has 72 valence electrons. The van der Waals surface area contributed by atoms with Crippen LogP contribution in [-0.2, 0) is 0 Å². The molecule has 0 aliphatic heterocycles. The lowest BCUT2D eigenvalue weighted by Gasteiger charge is -2.19. The van der Waals surface area contributed by atoms with Crippen molar-refractivity contribution in [3.63, 3.8) is 0 Å². The van der Waals surface area contributed by atoms with E-state index < -0.39 is 0 Å². The standard InChI is InChI=1S/C9H15N3O/c1-6-5-10-12-7(6)8(13)11-9(2,3)4/h5H,1-4H3,(H,10,12)(H,11,13). The van der Waals surface area contributed by atoms with Crippen molar-refractivity contribution in [3.8, 4) is 0 Å². The molecule has 1 aromatic rings. The molecule has 1 rings (SSSR count). The molecule has 0 saturated carbocycles. The number of carbonyl (C=O) groups is 1. The lowest BCUT2D eigenvalue weighted by Crippen LogP contribution is -2.41. The number of aromatic nitrogens is 2. The van der Waals surface area contributed by atoms with E-state index in [1.54, 1.807) is 6.20 Å². The van der Waals surface area contributed by atoms with Crippen LogP contribution in [0.4, 0.5) is 0 Å². The highest BCUT2D eigenvalue weighted by Gasteiger charge is 2.17. The van der Waals surface area contributed by atoms with Gasteiger partial charge in [0.25, 0.3) is 5.91 Å². The molecule has 0 saturated heterocycles. The molecule has 1 amide bonds. The summed E-state index contributed by atoms with van der Waals surface area (Å²) in [5.74, 6) is -0.109. The zero-order valence-electron chi connectivity index (χ0n) is 8.43. The Morgan fingerprint density at radius 2 is 2.15 bits per heavy atom. The summed E-state index contributed by atoms with van der Waals surface area (Å²) in [4.78, 5) is 11.6. The molecule has 0 spiro atoms. The number of nitrogens with one attached hydrogen (secondary N) is 2. The first kappa shape index (κ1) is 9.77. The molecule has 0 atom stereocenters. The van der Waals surface area contributed by atoms with Gasteiger partial charge in [0, 0.05) is 5.54 Å². The van der Waals surface area contributed by atoms with Crippen molar-refractivity contribution in [2.24, 2.45) is 0 Å². The van der Waals surface area contributed by atoms with Crippen LogP contribution in [0.3, 0.4) is 0 Å². The first-order chi connectivity index (χ1) is 5.90. The summed E-state index contributed by atoms with van der Waals surface area (Å²) in [5.41, 5.74) is 1.19. The number of amides is 1. The SMILES string of the molecule is Cc1cn[nH]c1C(=O)NC(C)(C)C. The monoisotopic (exact) mass is 181 g/mol. The van der Waals surface area contributed by atoms with Crippen LogP contribution in [0.5, 0.6) is 0 Å². The number of carbonyl (C=O) groups excluding carboxylic acids is 1. The van der Waals surface area contributed by atoms with E-state index in [-0.39, 0.29) is 11.4 Å². The van der Waals surface area contributed by atoms with Gasteiger partial charge < -0.3 is 5.32 Å². The second kappa shape index (κ2) is 3.20. The van der Waals surface area contributed by atoms with Gasteiger partial charge in [-0.2, -0.15) is 5.10 Å². The number of hydrogen-bond donors (Lipinski definition) is 2. The fourth-order valence-electron chi connectivity index (χ4n) is 0.979. The van der Waals surface area contributed by atoms with E-state index in [2.05, 4.69) is 15.5 Å². The molecule has 0 aliphatic carbocycles. The van der Waals surface area contributed by atoms with Crippen LogP contribution in [0.25, 0.3) is 0 Å². The second-order valence-electron chi connectivity index (χ2n) is 4.13.